The SMILES string of the molecule is CC(C)C(NC(=O)C(CCC(N)=O)NC(=O)C(N)Cc1ccccc1)C(=O)NC(C(=O)NC(CSc1ncccc1[N+](=O)[O-])C(=O)NCC(N)=O)C(C)C. The van der Waals surface area contributed by atoms with Crippen LogP contribution in [0.25, 0.3) is 0 Å². The lowest BCUT2D eigenvalue weighted by Crippen LogP contribution is -2.61. The lowest BCUT2D eigenvalue weighted by atomic mass is 9.98. The summed E-state index contributed by atoms with van der Waals surface area (Å²) in [5, 5.41) is 24.0. The van der Waals surface area contributed by atoms with E-state index in [1.54, 1.807) is 52.0 Å². The molecule has 0 bridgehead atoms. The van der Waals surface area contributed by atoms with Crippen molar-refractivity contribution in [1.29, 1.82) is 0 Å². The third kappa shape index (κ3) is 14.8. The molecular formula is C34H48N10O9S. The Balaban J connectivity index is 2.24. The van der Waals surface area contributed by atoms with Crippen LogP contribution < -0.4 is 43.8 Å². The van der Waals surface area contributed by atoms with Crippen LogP contribution in [0, 0.1) is 22.0 Å². The minimum Gasteiger partial charge on any atom is -0.370 e. The van der Waals surface area contributed by atoms with Gasteiger partial charge in [-0.2, -0.15) is 0 Å². The number of nitrogens with two attached hydrogens (primary N) is 3. The molecule has 294 valence electrons. The van der Waals surface area contributed by atoms with Gasteiger partial charge in [-0.25, -0.2) is 4.98 Å². The fraction of sp³-hybridized carbons (Fsp3) is 0.471. The van der Waals surface area contributed by atoms with E-state index in [2.05, 4.69) is 31.6 Å². The maximum absolute atomic E-state index is 13.7. The number of amides is 7. The van der Waals surface area contributed by atoms with E-state index in [1.807, 2.05) is 6.07 Å². The molecule has 5 atom stereocenters. The van der Waals surface area contributed by atoms with E-state index in [0.717, 1.165) is 17.3 Å². The van der Waals surface area contributed by atoms with Gasteiger partial charge in [0.05, 0.1) is 17.5 Å². The van der Waals surface area contributed by atoms with E-state index < -0.39 is 94.9 Å². The maximum Gasteiger partial charge on any atom is 0.301 e. The van der Waals surface area contributed by atoms with Gasteiger partial charge in [0.25, 0.3) is 0 Å². The predicted molar refractivity (Wildman–Crippen MR) is 198 cm³/mol. The second kappa shape index (κ2) is 21.8. The number of nitrogens with one attached hydrogen (secondary N) is 5. The Labute approximate surface area is 316 Å². The topological polar surface area (TPSA) is 314 Å². The number of thioether (sulfide) groups is 1. The molecule has 1 heterocycles. The number of primary amides is 2. The van der Waals surface area contributed by atoms with E-state index in [9.17, 15) is 43.7 Å². The number of aromatic nitrogens is 1. The number of carbonyl (C=O) groups is 7. The van der Waals surface area contributed by atoms with Crippen LogP contribution in [-0.4, -0.2) is 93.8 Å². The van der Waals surface area contributed by atoms with Gasteiger partial charge >= 0.3 is 5.69 Å². The van der Waals surface area contributed by atoms with Gasteiger partial charge in [0.1, 0.15) is 24.2 Å². The number of rotatable bonds is 22. The highest BCUT2D eigenvalue weighted by molar-refractivity contribution is 7.99. The van der Waals surface area contributed by atoms with Crippen LogP contribution in [0.4, 0.5) is 5.69 Å². The van der Waals surface area contributed by atoms with Gasteiger partial charge in [-0.05, 0) is 36.3 Å². The number of pyridine rings is 1. The molecule has 0 saturated heterocycles. The number of carbonyl (C=O) groups excluding carboxylic acids is 7. The highest BCUT2D eigenvalue weighted by Gasteiger charge is 2.34. The molecule has 54 heavy (non-hydrogen) atoms. The van der Waals surface area contributed by atoms with Crippen molar-refractivity contribution >= 4 is 58.8 Å². The molecular weight excluding hydrogens is 725 g/mol. The van der Waals surface area contributed by atoms with Gasteiger partial charge in [0.2, 0.25) is 41.4 Å². The summed E-state index contributed by atoms with van der Waals surface area (Å²) in [6.45, 7) is 5.95. The fourth-order valence-electron chi connectivity index (χ4n) is 4.90. The molecule has 1 aromatic heterocycles. The van der Waals surface area contributed by atoms with Crippen molar-refractivity contribution in [1.82, 2.24) is 31.6 Å². The zero-order valence-electron chi connectivity index (χ0n) is 30.4. The zero-order valence-corrected chi connectivity index (χ0v) is 31.2. The van der Waals surface area contributed by atoms with E-state index in [0.29, 0.717) is 0 Å². The first-order valence-electron chi connectivity index (χ1n) is 17.0. The highest BCUT2D eigenvalue weighted by atomic mass is 32.2. The molecule has 0 saturated carbocycles. The monoisotopic (exact) mass is 772 g/mol. The van der Waals surface area contributed by atoms with Crippen LogP contribution in [0.1, 0.15) is 46.1 Å². The van der Waals surface area contributed by atoms with Gasteiger partial charge in [0, 0.05) is 24.4 Å². The smallest absolute Gasteiger partial charge is 0.301 e. The van der Waals surface area contributed by atoms with Gasteiger partial charge in [-0.3, -0.25) is 43.7 Å². The van der Waals surface area contributed by atoms with Crippen LogP contribution in [-0.2, 0) is 40.0 Å². The first-order valence-corrected chi connectivity index (χ1v) is 18.0. The van der Waals surface area contributed by atoms with Crippen LogP contribution in [0.15, 0.2) is 53.7 Å². The molecule has 0 spiro atoms. The summed E-state index contributed by atoms with van der Waals surface area (Å²) in [5.74, 6) is -6.85. The maximum atomic E-state index is 13.7. The zero-order chi connectivity index (χ0) is 40.5. The van der Waals surface area contributed by atoms with Crippen molar-refractivity contribution in [2.24, 2.45) is 29.0 Å². The third-order valence-electron chi connectivity index (χ3n) is 7.85. The molecule has 0 aliphatic heterocycles. The van der Waals surface area contributed by atoms with Gasteiger partial charge < -0.3 is 43.8 Å². The Bertz CT molecular complexity index is 1660. The third-order valence-corrected chi connectivity index (χ3v) is 8.93. The average molecular weight is 773 g/mol. The van der Waals surface area contributed by atoms with Crippen molar-refractivity contribution in [3.05, 3.63) is 64.3 Å². The molecule has 11 N–H and O–H groups in total. The molecule has 0 aliphatic rings. The summed E-state index contributed by atoms with van der Waals surface area (Å²) >= 11 is 0.806. The van der Waals surface area contributed by atoms with Crippen molar-refractivity contribution in [2.45, 2.75) is 82.2 Å². The first-order chi connectivity index (χ1) is 25.4. The van der Waals surface area contributed by atoms with Crippen LogP contribution in [0.3, 0.4) is 0 Å². The number of benzene rings is 1. The van der Waals surface area contributed by atoms with Gasteiger partial charge in [0.15, 0.2) is 5.03 Å². The molecule has 0 fully saturated rings. The summed E-state index contributed by atoms with van der Waals surface area (Å²) in [5.41, 5.74) is 17.0. The molecule has 2 rings (SSSR count). The highest BCUT2D eigenvalue weighted by Crippen LogP contribution is 2.26. The van der Waals surface area contributed by atoms with E-state index in [4.69, 9.17) is 17.2 Å². The lowest BCUT2D eigenvalue weighted by Gasteiger charge is -2.29. The molecule has 19 nitrogen and oxygen atoms in total. The van der Waals surface area contributed by atoms with Crippen molar-refractivity contribution in [2.75, 3.05) is 12.3 Å². The van der Waals surface area contributed by atoms with E-state index in [-0.39, 0.29) is 35.7 Å². The van der Waals surface area contributed by atoms with Gasteiger partial charge in [-0.15, -0.1) is 0 Å². The summed E-state index contributed by atoms with van der Waals surface area (Å²) in [4.78, 5) is 105. The quantitative estimate of drug-likeness (QED) is 0.0396. The number of hydrogen-bond acceptors (Lipinski definition) is 12. The normalized spacial score (nSPS) is 13.8. The second-order valence-corrected chi connectivity index (χ2v) is 14.0. The predicted octanol–water partition coefficient (Wildman–Crippen LogP) is -1.23. The van der Waals surface area contributed by atoms with E-state index >= 15 is 0 Å². The molecule has 1 aromatic carbocycles. The summed E-state index contributed by atoms with van der Waals surface area (Å²) in [6, 6.07) is 5.33. The summed E-state index contributed by atoms with van der Waals surface area (Å²) < 4.78 is 0. The van der Waals surface area contributed by atoms with Crippen LogP contribution in [0.2, 0.25) is 0 Å². The van der Waals surface area contributed by atoms with Crippen molar-refractivity contribution in [3.8, 4) is 0 Å². The van der Waals surface area contributed by atoms with Crippen molar-refractivity contribution in [3.63, 3.8) is 0 Å². The average Bonchev–Trinajstić information content (AvgIpc) is 3.11. The number of nitro groups is 1. The minimum absolute atomic E-state index is 0.0304. The molecule has 7 amide bonds. The van der Waals surface area contributed by atoms with E-state index in [1.165, 1.54) is 18.3 Å². The Morgan fingerprint density at radius 1 is 0.759 bits per heavy atom. The summed E-state index contributed by atoms with van der Waals surface area (Å²) in [6.07, 6.45) is 1.04. The van der Waals surface area contributed by atoms with Gasteiger partial charge in [-0.1, -0.05) is 69.8 Å². The molecule has 5 unspecified atom stereocenters. The Hall–Kier alpha value is -5.63. The Kier molecular flexibility index (Phi) is 18.0. The molecule has 2 aromatic rings. The first kappa shape index (κ1) is 44.5. The van der Waals surface area contributed by atoms with Crippen molar-refractivity contribution < 1.29 is 38.5 Å². The molecule has 20 heteroatoms. The second-order valence-electron chi connectivity index (χ2n) is 13.0. The Morgan fingerprint density at radius 3 is 1.89 bits per heavy atom. The van der Waals surface area contributed by atoms with Crippen LogP contribution >= 0.6 is 11.8 Å². The lowest BCUT2D eigenvalue weighted by molar-refractivity contribution is -0.388. The standard InChI is InChI=1S/C34H48N10O9S/c1-18(2)27(32(50)41-23(30(48)39-16-26(37)46)17-54-34-24(44(52)53)11-8-14-38-34)43-33(51)28(19(3)4)42-31(49)22(12-13-25(36)45)40-29(47)21(35)15-20-9-6-5-7-10-20/h5-11,14,18-19,21-23,27-28H,12-13,15-17,35H2,1-4H3,(H2,36,45)(H2,37,46)(H,39,48)(H,40,47)(H,41,50)(H,42,49)(H,43,51). The number of hydrogen-bond donors (Lipinski definition) is 8. The van der Waals surface area contributed by atoms with Crippen LogP contribution in [0.5, 0.6) is 0 Å². The fourth-order valence-corrected chi connectivity index (χ4v) is 5.88. The molecule has 0 radical (unpaired) electrons. The molecule has 0 aliphatic carbocycles. The number of nitrogens with zero attached hydrogens (tertiary/aromatic N) is 2. The largest absolute Gasteiger partial charge is 0.370 e. The Morgan fingerprint density at radius 2 is 1.33 bits per heavy atom. The summed E-state index contributed by atoms with van der Waals surface area (Å²) in [7, 11) is 0. The minimum atomic E-state index is -1.37.